The molecule has 0 aromatic heterocycles. The van der Waals surface area contributed by atoms with E-state index >= 15 is 0 Å². The first-order valence-corrected chi connectivity index (χ1v) is 6.41. The molecule has 0 aliphatic rings. The van der Waals surface area contributed by atoms with Gasteiger partial charge in [-0.3, -0.25) is 14.9 Å². The number of hydrogen-bond donors (Lipinski definition) is 0. The summed E-state index contributed by atoms with van der Waals surface area (Å²) in [5, 5.41) is 11.1. The van der Waals surface area contributed by atoms with Crippen LogP contribution in [0.4, 0.5) is 5.69 Å². The first kappa shape index (κ1) is 17.1. The van der Waals surface area contributed by atoms with Crippen LogP contribution in [0.3, 0.4) is 0 Å². The summed E-state index contributed by atoms with van der Waals surface area (Å²) in [5.41, 5.74) is 0.236. The number of para-hydroxylation sites is 1. The molecule has 0 heterocycles. The Morgan fingerprint density at radius 1 is 1.19 bits per heavy atom. The fourth-order valence-electron chi connectivity index (χ4n) is 2.13. The number of benzene rings is 1. The van der Waals surface area contributed by atoms with Crippen LogP contribution in [0, 0.1) is 10.1 Å². The predicted molar refractivity (Wildman–Crippen MR) is 74.9 cm³/mol. The molecule has 0 spiro atoms. The molecule has 1 aromatic carbocycles. The molecule has 7 nitrogen and oxygen atoms in total. The Morgan fingerprint density at radius 3 is 2.33 bits per heavy atom. The van der Waals surface area contributed by atoms with Crippen LogP contribution in [0.15, 0.2) is 24.3 Å². The Labute approximate surface area is 123 Å². The van der Waals surface area contributed by atoms with Gasteiger partial charge in [0.15, 0.2) is 6.29 Å². The van der Waals surface area contributed by atoms with Crippen LogP contribution in [-0.4, -0.2) is 38.5 Å². The maximum Gasteiger partial charge on any atom is 0.313 e. The second-order valence-electron chi connectivity index (χ2n) is 4.37. The molecule has 1 unspecified atom stereocenters. The van der Waals surface area contributed by atoms with Crippen LogP contribution < -0.4 is 0 Å². The SMILES string of the molecule is COC(=O)C(CCC(OC)OC)c1ccccc1[N+](=O)[O-]. The Morgan fingerprint density at radius 2 is 1.81 bits per heavy atom. The first-order valence-electron chi connectivity index (χ1n) is 6.41. The highest BCUT2D eigenvalue weighted by Gasteiger charge is 2.29. The zero-order chi connectivity index (χ0) is 15.8. The molecule has 0 amide bonds. The lowest BCUT2D eigenvalue weighted by Crippen LogP contribution is -2.20. The quantitative estimate of drug-likeness (QED) is 0.316. The molecule has 116 valence electrons. The molecular weight excluding hydrogens is 278 g/mol. The lowest BCUT2D eigenvalue weighted by atomic mass is 9.92. The molecule has 0 aliphatic carbocycles. The zero-order valence-electron chi connectivity index (χ0n) is 12.3. The molecule has 0 saturated heterocycles. The van der Waals surface area contributed by atoms with Crippen molar-refractivity contribution in [1.29, 1.82) is 0 Å². The van der Waals surface area contributed by atoms with E-state index in [1.807, 2.05) is 0 Å². The third kappa shape index (κ3) is 4.51. The van der Waals surface area contributed by atoms with Gasteiger partial charge in [0.1, 0.15) is 0 Å². The minimum Gasteiger partial charge on any atom is -0.469 e. The molecule has 1 rings (SSSR count). The minimum atomic E-state index is -0.732. The van der Waals surface area contributed by atoms with Gasteiger partial charge in [0.2, 0.25) is 0 Å². The van der Waals surface area contributed by atoms with Gasteiger partial charge in [-0.25, -0.2) is 0 Å². The normalized spacial score (nSPS) is 12.2. The first-order chi connectivity index (χ1) is 10.0. The van der Waals surface area contributed by atoms with Crippen LogP contribution >= 0.6 is 0 Å². The van der Waals surface area contributed by atoms with Gasteiger partial charge in [0.25, 0.3) is 5.69 Å². The summed E-state index contributed by atoms with van der Waals surface area (Å²) in [7, 11) is 4.24. The summed E-state index contributed by atoms with van der Waals surface area (Å²) in [6, 6.07) is 6.15. The fraction of sp³-hybridized carbons (Fsp3) is 0.500. The fourth-order valence-corrected chi connectivity index (χ4v) is 2.13. The lowest BCUT2D eigenvalue weighted by Gasteiger charge is -2.18. The Hall–Kier alpha value is -1.99. The van der Waals surface area contributed by atoms with Crippen LogP contribution in [0.2, 0.25) is 0 Å². The highest BCUT2D eigenvalue weighted by atomic mass is 16.7. The van der Waals surface area contributed by atoms with Crippen molar-refractivity contribution >= 4 is 11.7 Å². The van der Waals surface area contributed by atoms with E-state index in [9.17, 15) is 14.9 Å². The summed E-state index contributed by atoms with van der Waals surface area (Å²) in [4.78, 5) is 22.5. The second-order valence-corrected chi connectivity index (χ2v) is 4.37. The van der Waals surface area contributed by atoms with Crippen LogP contribution in [-0.2, 0) is 19.0 Å². The van der Waals surface area contributed by atoms with E-state index in [0.29, 0.717) is 18.4 Å². The van der Waals surface area contributed by atoms with Crippen molar-refractivity contribution in [3.05, 3.63) is 39.9 Å². The molecule has 0 N–H and O–H groups in total. The molecule has 1 aromatic rings. The van der Waals surface area contributed by atoms with Gasteiger partial charge >= 0.3 is 5.97 Å². The molecule has 0 radical (unpaired) electrons. The van der Waals surface area contributed by atoms with E-state index in [2.05, 4.69) is 0 Å². The van der Waals surface area contributed by atoms with Gasteiger partial charge in [-0.1, -0.05) is 18.2 Å². The second kappa shape index (κ2) is 8.33. The van der Waals surface area contributed by atoms with Crippen molar-refractivity contribution in [2.24, 2.45) is 0 Å². The van der Waals surface area contributed by atoms with Crippen LogP contribution in [0.1, 0.15) is 24.3 Å². The molecule has 0 saturated carbocycles. The number of ether oxygens (including phenoxy) is 3. The Kier molecular flexibility index (Phi) is 6.77. The third-order valence-corrected chi connectivity index (χ3v) is 3.21. The summed E-state index contributed by atoms with van der Waals surface area (Å²) in [6.07, 6.45) is 0.266. The predicted octanol–water partition coefficient (Wildman–Crippen LogP) is 2.25. The molecule has 21 heavy (non-hydrogen) atoms. The number of carbonyl (C=O) groups excluding carboxylic acids is 1. The van der Waals surface area contributed by atoms with Gasteiger partial charge in [-0.15, -0.1) is 0 Å². The molecule has 7 heteroatoms. The van der Waals surface area contributed by atoms with Gasteiger partial charge < -0.3 is 14.2 Å². The van der Waals surface area contributed by atoms with E-state index in [4.69, 9.17) is 14.2 Å². The van der Waals surface area contributed by atoms with Crippen molar-refractivity contribution in [1.82, 2.24) is 0 Å². The van der Waals surface area contributed by atoms with Crippen molar-refractivity contribution in [3.63, 3.8) is 0 Å². The molecule has 0 aliphatic heterocycles. The average molecular weight is 297 g/mol. The van der Waals surface area contributed by atoms with E-state index in [1.54, 1.807) is 18.2 Å². The molecular formula is C14H19NO6. The monoisotopic (exact) mass is 297 g/mol. The third-order valence-electron chi connectivity index (χ3n) is 3.21. The summed E-state index contributed by atoms with van der Waals surface area (Å²) in [5.74, 6) is -1.25. The van der Waals surface area contributed by atoms with E-state index < -0.39 is 23.1 Å². The van der Waals surface area contributed by atoms with Crippen LogP contribution in [0.25, 0.3) is 0 Å². The molecule has 0 fully saturated rings. The van der Waals surface area contributed by atoms with E-state index in [0.717, 1.165) is 0 Å². The highest BCUT2D eigenvalue weighted by molar-refractivity contribution is 5.79. The summed E-state index contributed by atoms with van der Waals surface area (Å²) >= 11 is 0. The van der Waals surface area contributed by atoms with Gasteiger partial charge in [0.05, 0.1) is 18.0 Å². The largest absolute Gasteiger partial charge is 0.469 e. The van der Waals surface area contributed by atoms with Gasteiger partial charge in [-0.2, -0.15) is 0 Å². The number of nitro benzene ring substituents is 1. The highest BCUT2D eigenvalue weighted by Crippen LogP contribution is 2.31. The Balaban J connectivity index is 3.03. The average Bonchev–Trinajstić information content (AvgIpc) is 2.51. The standard InChI is InChI=1S/C14H19NO6/c1-19-13(20-2)9-8-11(14(16)21-3)10-6-4-5-7-12(10)15(17)18/h4-7,11,13H,8-9H2,1-3H3. The number of nitro groups is 1. The summed E-state index contributed by atoms with van der Waals surface area (Å²) in [6.45, 7) is 0. The molecule has 1 atom stereocenters. The molecule has 0 bridgehead atoms. The number of carbonyl (C=O) groups is 1. The maximum absolute atomic E-state index is 11.9. The van der Waals surface area contributed by atoms with Gasteiger partial charge in [-0.05, 0) is 12.8 Å². The maximum atomic E-state index is 11.9. The summed E-state index contributed by atoms with van der Waals surface area (Å²) < 4.78 is 14.9. The minimum absolute atomic E-state index is 0.0979. The van der Waals surface area contributed by atoms with E-state index in [1.165, 1.54) is 27.4 Å². The zero-order valence-corrected chi connectivity index (χ0v) is 12.3. The van der Waals surface area contributed by atoms with E-state index in [-0.39, 0.29) is 5.69 Å². The number of rotatable bonds is 8. The lowest BCUT2D eigenvalue weighted by molar-refractivity contribution is -0.385. The number of hydrogen-bond acceptors (Lipinski definition) is 6. The Bertz CT molecular complexity index is 486. The van der Waals surface area contributed by atoms with Gasteiger partial charge in [0, 0.05) is 25.8 Å². The number of nitrogens with zero attached hydrogens (tertiary/aromatic N) is 1. The number of esters is 1. The van der Waals surface area contributed by atoms with Crippen molar-refractivity contribution < 1.29 is 23.9 Å². The smallest absolute Gasteiger partial charge is 0.313 e. The van der Waals surface area contributed by atoms with Crippen molar-refractivity contribution in [3.8, 4) is 0 Å². The topological polar surface area (TPSA) is 87.9 Å². The van der Waals surface area contributed by atoms with Crippen molar-refractivity contribution in [2.75, 3.05) is 21.3 Å². The van der Waals surface area contributed by atoms with Crippen molar-refractivity contribution in [2.45, 2.75) is 25.0 Å². The van der Waals surface area contributed by atoms with Crippen LogP contribution in [0.5, 0.6) is 0 Å². The number of methoxy groups -OCH3 is 3.